The van der Waals surface area contributed by atoms with Gasteiger partial charge in [0, 0.05) is 0 Å². The highest BCUT2D eigenvalue weighted by molar-refractivity contribution is 7.60. The minimum absolute atomic E-state index is 0.535. The molecule has 4 heteroatoms. The highest BCUT2D eigenvalue weighted by Gasteiger charge is 2.63. The summed E-state index contributed by atoms with van der Waals surface area (Å²) < 4.78 is 0. The molecule has 0 saturated heterocycles. The van der Waals surface area contributed by atoms with Crippen molar-refractivity contribution in [1.82, 2.24) is 0 Å². The average Bonchev–Trinajstić information content (AvgIpc) is 2.16. The van der Waals surface area contributed by atoms with Gasteiger partial charge in [-0.15, -0.1) is 0 Å². The molecule has 48 valence electrons. The van der Waals surface area contributed by atoms with Crippen molar-refractivity contribution < 1.29 is 14.7 Å². The maximum Gasteiger partial charge on any atom is 0.409 e. The number of rotatable bonds is 1. The Hall–Kier alpha value is 0.310. The van der Waals surface area contributed by atoms with E-state index >= 15 is 0 Å². The summed E-state index contributed by atoms with van der Waals surface area (Å²) in [5.74, 6) is 0. The second-order valence-corrected chi connectivity index (χ2v) is 4.78. The average molecular weight is 137 g/mol. The van der Waals surface area contributed by atoms with Gasteiger partial charge in [-0.05, 0) is 19.8 Å². The van der Waals surface area contributed by atoms with Crippen LogP contribution in [0.5, 0.6) is 0 Å². The van der Waals surface area contributed by atoms with Crippen LogP contribution in [0.1, 0.15) is 19.8 Å². The van der Waals surface area contributed by atoms with Crippen molar-refractivity contribution in [3.8, 4) is 0 Å². The second kappa shape index (κ2) is 1.42. The molecule has 1 aliphatic carbocycles. The first-order valence-corrected chi connectivity index (χ1v) is 4.18. The highest BCUT2D eigenvalue weighted by Crippen LogP contribution is 2.70. The van der Waals surface area contributed by atoms with Gasteiger partial charge in [-0.3, -0.25) is 0 Å². The van der Waals surface area contributed by atoms with E-state index < -0.39 is 13.1 Å². The number of hydrogen-bond acceptors (Lipinski definition) is 3. The van der Waals surface area contributed by atoms with Crippen LogP contribution in [0.4, 0.5) is 0 Å². The zero-order valence-corrected chi connectivity index (χ0v) is 5.60. The maximum atomic E-state index is 8.64. The first-order valence-electron chi connectivity index (χ1n) is 2.53. The molecular weight excluding hydrogens is 127 g/mol. The van der Waals surface area contributed by atoms with E-state index in [0.29, 0.717) is 0 Å². The normalized spacial score (nSPS) is 25.5. The van der Waals surface area contributed by atoms with E-state index in [4.69, 9.17) is 14.7 Å². The Bertz CT molecular complexity index is 99.1. The van der Waals surface area contributed by atoms with Crippen LogP contribution >= 0.6 is 7.94 Å². The van der Waals surface area contributed by atoms with Gasteiger partial charge < -0.3 is 0 Å². The summed E-state index contributed by atoms with van der Waals surface area (Å²) >= 11 is 0. The van der Waals surface area contributed by atoms with Crippen LogP contribution in [0.15, 0.2) is 0 Å². The molecular formula is C4H10O3P+. The van der Waals surface area contributed by atoms with Crippen molar-refractivity contribution in [3.63, 3.8) is 0 Å². The van der Waals surface area contributed by atoms with Crippen LogP contribution in [-0.4, -0.2) is 19.8 Å². The lowest BCUT2D eigenvalue weighted by Crippen LogP contribution is -2.07. The predicted molar refractivity (Wildman–Crippen MR) is 31.2 cm³/mol. The summed E-state index contributed by atoms with van der Waals surface area (Å²) in [4.78, 5) is 25.9. The van der Waals surface area contributed by atoms with Crippen LogP contribution in [0.3, 0.4) is 0 Å². The van der Waals surface area contributed by atoms with Crippen molar-refractivity contribution in [2.45, 2.75) is 24.9 Å². The molecule has 0 aliphatic heterocycles. The van der Waals surface area contributed by atoms with E-state index in [-0.39, 0.29) is 0 Å². The Labute approximate surface area is 48.6 Å². The van der Waals surface area contributed by atoms with Crippen LogP contribution in [-0.2, 0) is 0 Å². The van der Waals surface area contributed by atoms with E-state index in [1.54, 1.807) is 6.92 Å². The van der Waals surface area contributed by atoms with E-state index in [9.17, 15) is 0 Å². The van der Waals surface area contributed by atoms with Gasteiger partial charge in [-0.25, -0.2) is 0 Å². The van der Waals surface area contributed by atoms with Crippen molar-refractivity contribution >= 4 is 7.94 Å². The van der Waals surface area contributed by atoms with Gasteiger partial charge in [-0.1, -0.05) is 0 Å². The van der Waals surface area contributed by atoms with Gasteiger partial charge in [0.25, 0.3) is 0 Å². The zero-order valence-electron chi connectivity index (χ0n) is 4.70. The molecule has 1 aliphatic rings. The van der Waals surface area contributed by atoms with Crippen LogP contribution in [0.2, 0.25) is 0 Å². The minimum atomic E-state index is -3.49. The first kappa shape index (κ1) is 6.43. The third kappa shape index (κ3) is 0.869. The summed E-state index contributed by atoms with van der Waals surface area (Å²) in [6, 6.07) is 0. The predicted octanol–water partition coefficient (Wildman–Crippen LogP) is 0.278. The Morgan fingerprint density at radius 3 is 1.62 bits per heavy atom. The molecule has 0 aromatic heterocycles. The standard InChI is InChI=1S/C4H10O3P/c1-4(2-3-4)8(5,6)7/h5-7H,2-3H2,1H3/q+1. The molecule has 0 spiro atoms. The molecule has 0 aromatic carbocycles. The summed E-state index contributed by atoms with van der Waals surface area (Å²) in [6.45, 7) is 1.68. The van der Waals surface area contributed by atoms with Crippen molar-refractivity contribution in [2.75, 3.05) is 0 Å². The fraction of sp³-hybridized carbons (Fsp3) is 1.00. The molecule has 3 nitrogen and oxygen atoms in total. The molecule has 0 aromatic rings. The van der Waals surface area contributed by atoms with Crippen LogP contribution < -0.4 is 0 Å². The van der Waals surface area contributed by atoms with Crippen molar-refractivity contribution in [3.05, 3.63) is 0 Å². The van der Waals surface area contributed by atoms with Crippen LogP contribution in [0.25, 0.3) is 0 Å². The Morgan fingerprint density at radius 1 is 1.25 bits per heavy atom. The fourth-order valence-electron chi connectivity index (χ4n) is 0.481. The van der Waals surface area contributed by atoms with Gasteiger partial charge in [0.1, 0.15) is 0 Å². The Balaban J connectivity index is 2.58. The highest BCUT2D eigenvalue weighted by atomic mass is 31.2. The second-order valence-electron chi connectivity index (χ2n) is 2.57. The zero-order chi connectivity index (χ0) is 6.41. The van der Waals surface area contributed by atoms with Crippen molar-refractivity contribution in [2.24, 2.45) is 0 Å². The van der Waals surface area contributed by atoms with E-state index in [2.05, 4.69) is 0 Å². The maximum absolute atomic E-state index is 8.64. The van der Waals surface area contributed by atoms with Gasteiger partial charge in [0.2, 0.25) is 0 Å². The third-order valence-corrected chi connectivity index (χ3v) is 3.59. The van der Waals surface area contributed by atoms with Gasteiger partial charge in [0.05, 0.1) is 0 Å². The molecule has 0 unspecified atom stereocenters. The lowest BCUT2D eigenvalue weighted by atomic mass is 10.5. The lowest BCUT2D eigenvalue weighted by Gasteiger charge is -2.08. The molecule has 1 saturated carbocycles. The van der Waals surface area contributed by atoms with E-state index in [1.165, 1.54) is 0 Å². The summed E-state index contributed by atoms with van der Waals surface area (Å²) in [6.07, 6.45) is 1.48. The summed E-state index contributed by atoms with van der Waals surface area (Å²) in [5.41, 5.74) is 0. The van der Waals surface area contributed by atoms with E-state index in [0.717, 1.165) is 12.8 Å². The van der Waals surface area contributed by atoms with Gasteiger partial charge in [-0.2, -0.15) is 14.7 Å². The van der Waals surface area contributed by atoms with Gasteiger partial charge in [0.15, 0.2) is 5.16 Å². The molecule has 3 N–H and O–H groups in total. The molecule has 0 heterocycles. The number of hydrogen-bond donors (Lipinski definition) is 3. The largest absolute Gasteiger partial charge is 0.409 e. The molecule has 1 fully saturated rings. The third-order valence-electron chi connectivity index (χ3n) is 1.70. The monoisotopic (exact) mass is 137 g/mol. The van der Waals surface area contributed by atoms with Crippen LogP contribution in [0, 0.1) is 0 Å². The summed E-state index contributed by atoms with van der Waals surface area (Å²) in [5, 5.41) is -0.535. The summed E-state index contributed by atoms with van der Waals surface area (Å²) in [7, 11) is -3.49. The molecule has 0 amide bonds. The molecule has 0 atom stereocenters. The molecule has 0 radical (unpaired) electrons. The molecule has 0 bridgehead atoms. The van der Waals surface area contributed by atoms with Crippen molar-refractivity contribution in [1.29, 1.82) is 0 Å². The molecule has 1 rings (SSSR count). The SMILES string of the molecule is CC1([P+](O)(O)O)CC1. The Kier molecular flexibility index (Phi) is 1.14. The quantitative estimate of drug-likeness (QED) is 0.455. The molecule has 8 heavy (non-hydrogen) atoms. The minimum Gasteiger partial charge on any atom is -0.192 e. The Morgan fingerprint density at radius 2 is 1.62 bits per heavy atom. The smallest absolute Gasteiger partial charge is 0.192 e. The topological polar surface area (TPSA) is 60.7 Å². The van der Waals surface area contributed by atoms with Gasteiger partial charge >= 0.3 is 7.94 Å². The van der Waals surface area contributed by atoms with E-state index in [1.807, 2.05) is 0 Å². The first-order chi connectivity index (χ1) is 3.46. The fourth-order valence-corrected chi connectivity index (χ4v) is 1.19. The lowest BCUT2D eigenvalue weighted by molar-refractivity contribution is 0.314.